The fourth-order valence-corrected chi connectivity index (χ4v) is 2.13. The number of nitrogens with one attached hydrogen (secondary N) is 1. The standard InChI is InChI=1S/C14H15BrN2O/c1-18-10-12-6-3-2-5-11(12)9-17-13-7-4-8-16-14(13)15/h2-8,17H,9-10H2,1H3. The molecule has 2 rings (SSSR count). The van der Waals surface area contributed by atoms with Crippen molar-refractivity contribution in [3.63, 3.8) is 0 Å². The first-order valence-corrected chi connectivity index (χ1v) is 6.50. The Labute approximate surface area is 115 Å². The molecule has 1 heterocycles. The van der Waals surface area contributed by atoms with Gasteiger partial charge >= 0.3 is 0 Å². The van der Waals surface area contributed by atoms with E-state index in [2.05, 4.69) is 38.4 Å². The van der Waals surface area contributed by atoms with Crippen molar-refractivity contribution in [2.45, 2.75) is 13.2 Å². The van der Waals surface area contributed by atoms with Crippen molar-refractivity contribution in [2.75, 3.05) is 12.4 Å². The molecule has 1 aromatic heterocycles. The van der Waals surface area contributed by atoms with E-state index in [1.807, 2.05) is 24.3 Å². The van der Waals surface area contributed by atoms with Gasteiger partial charge in [-0.05, 0) is 39.2 Å². The van der Waals surface area contributed by atoms with Crippen molar-refractivity contribution in [1.82, 2.24) is 4.98 Å². The lowest BCUT2D eigenvalue weighted by Crippen LogP contribution is -2.04. The zero-order chi connectivity index (χ0) is 12.8. The topological polar surface area (TPSA) is 34.1 Å². The molecule has 3 nitrogen and oxygen atoms in total. The van der Waals surface area contributed by atoms with Crippen LogP contribution in [0.2, 0.25) is 0 Å². The number of hydrogen-bond acceptors (Lipinski definition) is 3. The van der Waals surface area contributed by atoms with Gasteiger partial charge in [0.25, 0.3) is 0 Å². The van der Waals surface area contributed by atoms with Crippen molar-refractivity contribution >= 4 is 21.6 Å². The molecule has 0 spiro atoms. The maximum absolute atomic E-state index is 5.19. The van der Waals surface area contributed by atoms with E-state index < -0.39 is 0 Å². The lowest BCUT2D eigenvalue weighted by Gasteiger charge is -2.11. The summed E-state index contributed by atoms with van der Waals surface area (Å²) in [6.07, 6.45) is 1.76. The number of methoxy groups -OCH3 is 1. The highest BCUT2D eigenvalue weighted by Gasteiger charge is 2.03. The van der Waals surface area contributed by atoms with Gasteiger partial charge in [-0.15, -0.1) is 0 Å². The Morgan fingerprint density at radius 3 is 2.67 bits per heavy atom. The second-order valence-corrected chi connectivity index (χ2v) is 4.65. The van der Waals surface area contributed by atoms with Crippen LogP contribution in [0.5, 0.6) is 0 Å². The fourth-order valence-electron chi connectivity index (χ4n) is 1.73. The first-order chi connectivity index (χ1) is 8.81. The predicted octanol–water partition coefficient (Wildman–Crippen LogP) is 3.60. The molecule has 18 heavy (non-hydrogen) atoms. The third kappa shape index (κ3) is 3.31. The number of anilines is 1. The highest BCUT2D eigenvalue weighted by Crippen LogP contribution is 2.20. The van der Waals surface area contributed by atoms with Crippen LogP contribution in [0.3, 0.4) is 0 Å². The number of pyridine rings is 1. The van der Waals surface area contributed by atoms with Gasteiger partial charge in [-0.1, -0.05) is 24.3 Å². The Hall–Kier alpha value is -1.39. The summed E-state index contributed by atoms with van der Waals surface area (Å²) in [4.78, 5) is 4.18. The van der Waals surface area contributed by atoms with Crippen LogP contribution in [0.1, 0.15) is 11.1 Å². The normalized spacial score (nSPS) is 10.3. The summed E-state index contributed by atoms with van der Waals surface area (Å²) in [5.41, 5.74) is 3.42. The van der Waals surface area contributed by atoms with Crippen molar-refractivity contribution in [3.05, 3.63) is 58.3 Å². The van der Waals surface area contributed by atoms with E-state index in [1.165, 1.54) is 11.1 Å². The minimum atomic E-state index is 0.631. The van der Waals surface area contributed by atoms with Gasteiger partial charge in [0.15, 0.2) is 0 Å². The van der Waals surface area contributed by atoms with Crippen LogP contribution in [-0.4, -0.2) is 12.1 Å². The van der Waals surface area contributed by atoms with E-state index in [-0.39, 0.29) is 0 Å². The third-order valence-electron chi connectivity index (χ3n) is 2.65. The molecule has 0 aliphatic heterocycles. The van der Waals surface area contributed by atoms with Crippen LogP contribution < -0.4 is 5.32 Å². The minimum Gasteiger partial charge on any atom is -0.380 e. The third-order valence-corrected chi connectivity index (χ3v) is 3.28. The van der Waals surface area contributed by atoms with E-state index in [1.54, 1.807) is 13.3 Å². The van der Waals surface area contributed by atoms with Crippen LogP contribution >= 0.6 is 15.9 Å². The Bertz CT molecular complexity index is 517. The van der Waals surface area contributed by atoms with Crippen LogP contribution in [-0.2, 0) is 17.9 Å². The molecule has 1 N–H and O–H groups in total. The second kappa shape index (κ2) is 6.52. The molecular formula is C14H15BrN2O. The molecule has 0 fully saturated rings. The van der Waals surface area contributed by atoms with Crippen molar-refractivity contribution in [2.24, 2.45) is 0 Å². The van der Waals surface area contributed by atoms with Crippen molar-refractivity contribution in [1.29, 1.82) is 0 Å². The molecule has 0 radical (unpaired) electrons. The van der Waals surface area contributed by atoms with E-state index in [9.17, 15) is 0 Å². The Morgan fingerprint density at radius 1 is 1.17 bits per heavy atom. The Morgan fingerprint density at radius 2 is 1.94 bits per heavy atom. The molecule has 0 amide bonds. The van der Waals surface area contributed by atoms with Gasteiger partial charge in [0.2, 0.25) is 0 Å². The molecular weight excluding hydrogens is 292 g/mol. The van der Waals surface area contributed by atoms with E-state index in [0.717, 1.165) is 16.8 Å². The number of ether oxygens (including phenoxy) is 1. The molecule has 0 bridgehead atoms. The number of hydrogen-bond donors (Lipinski definition) is 1. The molecule has 0 unspecified atom stereocenters. The highest BCUT2D eigenvalue weighted by molar-refractivity contribution is 9.10. The summed E-state index contributed by atoms with van der Waals surface area (Å²) < 4.78 is 6.02. The Kier molecular flexibility index (Phi) is 4.73. The van der Waals surface area contributed by atoms with Gasteiger partial charge < -0.3 is 10.1 Å². The van der Waals surface area contributed by atoms with Gasteiger partial charge in [-0.3, -0.25) is 0 Å². The highest BCUT2D eigenvalue weighted by atomic mass is 79.9. The molecule has 4 heteroatoms. The molecule has 94 valence electrons. The molecule has 0 saturated heterocycles. The zero-order valence-electron chi connectivity index (χ0n) is 10.2. The van der Waals surface area contributed by atoms with Crippen molar-refractivity contribution < 1.29 is 4.74 Å². The fraction of sp³-hybridized carbons (Fsp3) is 0.214. The number of halogens is 1. The number of aromatic nitrogens is 1. The molecule has 2 aromatic rings. The predicted molar refractivity (Wildman–Crippen MR) is 76.4 cm³/mol. The monoisotopic (exact) mass is 306 g/mol. The van der Waals surface area contributed by atoms with Gasteiger partial charge in [0.1, 0.15) is 4.60 Å². The van der Waals surface area contributed by atoms with Gasteiger partial charge in [0.05, 0.1) is 12.3 Å². The summed E-state index contributed by atoms with van der Waals surface area (Å²) in [5.74, 6) is 0. The minimum absolute atomic E-state index is 0.631. The second-order valence-electron chi connectivity index (χ2n) is 3.90. The number of nitrogens with zero attached hydrogens (tertiary/aromatic N) is 1. The number of rotatable bonds is 5. The van der Waals surface area contributed by atoms with Gasteiger partial charge in [-0.25, -0.2) is 4.98 Å². The molecule has 1 aromatic carbocycles. The summed E-state index contributed by atoms with van der Waals surface area (Å²) in [6, 6.07) is 12.2. The lowest BCUT2D eigenvalue weighted by molar-refractivity contribution is 0.184. The zero-order valence-corrected chi connectivity index (χ0v) is 11.8. The average Bonchev–Trinajstić information content (AvgIpc) is 2.40. The summed E-state index contributed by atoms with van der Waals surface area (Å²) >= 11 is 3.42. The summed E-state index contributed by atoms with van der Waals surface area (Å²) in [7, 11) is 1.71. The first-order valence-electron chi connectivity index (χ1n) is 5.71. The van der Waals surface area contributed by atoms with Crippen LogP contribution in [0.15, 0.2) is 47.2 Å². The van der Waals surface area contributed by atoms with E-state index in [0.29, 0.717) is 6.61 Å². The smallest absolute Gasteiger partial charge is 0.129 e. The van der Waals surface area contributed by atoms with E-state index >= 15 is 0 Å². The van der Waals surface area contributed by atoms with Gasteiger partial charge in [-0.2, -0.15) is 0 Å². The van der Waals surface area contributed by atoms with Crippen LogP contribution in [0.25, 0.3) is 0 Å². The van der Waals surface area contributed by atoms with E-state index in [4.69, 9.17) is 4.74 Å². The molecule has 0 aliphatic carbocycles. The molecule has 0 saturated carbocycles. The average molecular weight is 307 g/mol. The summed E-state index contributed by atoms with van der Waals surface area (Å²) in [5, 5.41) is 3.36. The molecule has 0 aliphatic rings. The first kappa shape index (κ1) is 13.1. The lowest BCUT2D eigenvalue weighted by atomic mass is 10.1. The summed E-state index contributed by atoms with van der Waals surface area (Å²) in [6.45, 7) is 1.38. The maximum Gasteiger partial charge on any atom is 0.129 e. The van der Waals surface area contributed by atoms with Crippen LogP contribution in [0, 0.1) is 0 Å². The SMILES string of the molecule is COCc1ccccc1CNc1cccnc1Br. The number of benzene rings is 1. The Balaban J connectivity index is 2.08. The maximum atomic E-state index is 5.19. The largest absolute Gasteiger partial charge is 0.380 e. The molecule has 0 atom stereocenters. The van der Waals surface area contributed by atoms with Crippen LogP contribution in [0.4, 0.5) is 5.69 Å². The van der Waals surface area contributed by atoms with Gasteiger partial charge in [0, 0.05) is 19.9 Å². The quantitative estimate of drug-likeness (QED) is 0.857. The van der Waals surface area contributed by atoms with Crippen molar-refractivity contribution in [3.8, 4) is 0 Å².